The van der Waals surface area contributed by atoms with Crippen molar-refractivity contribution in [1.29, 1.82) is 0 Å². The van der Waals surface area contributed by atoms with Crippen LogP contribution in [0.25, 0.3) is 0 Å². The van der Waals surface area contributed by atoms with Gasteiger partial charge in [-0.2, -0.15) is 0 Å². The summed E-state index contributed by atoms with van der Waals surface area (Å²) in [5.41, 5.74) is 0.903. The van der Waals surface area contributed by atoms with Gasteiger partial charge in [0.25, 0.3) is 5.91 Å². The van der Waals surface area contributed by atoms with Crippen molar-refractivity contribution in [2.45, 2.75) is 44.9 Å². The number of benzene rings is 1. The quantitative estimate of drug-likeness (QED) is 0.941. The molecule has 0 spiro atoms. The number of hydrogen-bond acceptors (Lipinski definition) is 3. The molecule has 0 fully saturated rings. The second kappa shape index (κ2) is 6.16. The number of methoxy groups -OCH3 is 1. The molecule has 1 aromatic carbocycles. The van der Waals surface area contributed by atoms with E-state index in [0.717, 1.165) is 36.5 Å². The van der Waals surface area contributed by atoms with Gasteiger partial charge < -0.3 is 14.6 Å². The van der Waals surface area contributed by atoms with Crippen LogP contribution in [0, 0.1) is 6.92 Å². The summed E-state index contributed by atoms with van der Waals surface area (Å²) in [5, 5.41) is 3.15. The second-order valence-corrected chi connectivity index (χ2v) is 6.26. The number of carbonyl (C=O) groups is 1. The van der Waals surface area contributed by atoms with Crippen LogP contribution in [0.3, 0.4) is 0 Å². The Bertz CT molecular complexity index is 696. The van der Waals surface area contributed by atoms with Gasteiger partial charge in [0.05, 0.1) is 5.69 Å². The van der Waals surface area contributed by atoms with Crippen molar-refractivity contribution < 1.29 is 9.53 Å². The summed E-state index contributed by atoms with van der Waals surface area (Å²) >= 11 is 0. The molecule has 1 aromatic heterocycles. The van der Waals surface area contributed by atoms with Gasteiger partial charge in [0.2, 0.25) is 0 Å². The summed E-state index contributed by atoms with van der Waals surface area (Å²) in [6, 6.07) is 9.70. The number of nitrogens with zero attached hydrogens (tertiary/aromatic N) is 2. The zero-order valence-corrected chi connectivity index (χ0v) is 13.9. The second-order valence-electron chi connectivity index (χ2n) is 6.26. The standard InChI is InChI=1S/C18H23N3O2/c1-13-11-21-12-15(9-10-16(21)19-13)20-17(22)18(2,23-3)14-7-5-4-6-8-14/h4-8,11,15H,9-10,12H2,1-3H3,(H,20,22)/t15-,18-/m0/s1. The van der Waals surface area contributed by atoms with Crippen LogP contribution in [0.5, 0.6) is 0 Å². The average molecular weight is 313 g/mol. The van der Waals surface area contributed by atoms with Gasteiger partial charge in [0.1, 0.15) is 5.82 Å². The van der Waals surface area contributed by atoms with E-state index in [4.69, 9.17) is 4.74 Å². The summed E-state index contributed by atoms with van der Waals surface area (Å²) in [7, 11) is 1.57. The first-order valence-corrected chi connectivity index (χ1v) is 7.97. The Morgan fingerprint density at radius 2 is 2.13 bits per heavy atom. The highest BCUT2D eigenvalue weighted by Gasteiger charge is 2.36. The number of amides is 1. The minimum atomic E-state index is -0.980. The van der Waals surface area contributed by atoms with Crippen molar-refractivity contribution >= 4 is 5.91 Å². The number of hydrogen-bond donors (Lipinski definition) is 1. The molecular weight excluding hydrogens is 290 g/mol. The van der Waals surface area contributed by atoms with Gasteiger partial charge in [0, 0.05) is 32.3 Å². The lowest BCUT2D eigenvalue weighted by molar-refractivity contribution is -0.143. The van der Waals surface area contributed by atoms with Gasteiger partial charge in [-0.3, -0.25) is 4.79 Å². The zero-order chi connectivity index (χ0) is 16.4. The van der Waals surface area contributed by atoms with Crippen LogP contribution in [0.2, 0.25) is 0 Å². The smallest absolute Gasteiger partial charge is 0.256 e. The maximum absolute atomic E-state index is 12.8. The topological polar surface area (TPSA) is 56.1 Å². The third-order valence-electron chi connectivity index (χ3n) is 4.61. The van der Waals surface area contributed by atoms with E-state index in [0.29, 0.717) is 0 Å². The molecule has 0 saturated heterocycles. The first-order valence-electron chi connectivity index (χ1n) is 7.97. The lowest BCUT2D eigenvalue weighted by Gasteiger charge is -2.31. The highest BCUT2D eigenvalue weighted by Crippen LogP contribution is 2.25. The largest absolute Gasteiger partial charge is 0.364 e. The van der Waals surface area contributed by atoms with Gasteiger partial charge in [-0.05, 0) is 25.8 Å². The van der Waals surface area contributed by atoms with E-state index in [1.165, 1.54) is 0 Å². The molecule has 2 aromatic rings. The molecule has 3 rings (SSSR count). The molecule has 5 nitrogen and oxygen atoms in total. The van der Waals surface area contributed by atoms with Gasteiger partial charge in [0.15, 0.2) is 5.60 Å². The van der Waals surface area contributed by atoms with Gasteiger partial charge >= 0.3 is 0 Å². The number of aromatic nitrogens is 2. The lowest BCUT2D eigenvalue weighted by Crippen LogP contribution is -2.50. The van der Waals surface area contributed by atoms with Crippen LogP contribution in [-0.4, -0.2) is 28.6 Å². The van der Waals surface area contributed by atoms with Crippen LogP contribution in [-0.2, 0) is 28.1 Å². The van der Waals surface area contributed by atoms with Crippen molar-refractivity contribution in [2.24, 2.45) is 0 Å². The predicted molar refractivity (Wildman–Crippen MR) is 88.0 cm³/mol. The first-order chi connectivity index (χ1) is 11.0. The highest BCUT2D eigenvalue weighted by atomic mass is 16.5. The average Bonchev–Trinajstić information content (AvgIpc) is 2.94. The van der Waals surface area contributed by atoms with E-state index in [2.05, 4.69) is 14.9 Å². The van der Waals surface area contributed by atoms with Crippen LogP contribution in [0.1, 0.15) is 30.4 Å². The summed E-state index contributed by atoms with van der Waals surface area (Å²) in [4.78, 5) is 17.3. The summed E-state index contributed by atoms with van der Waals surface area (Å²) < 4.78 is 7.70. The molecule has 0 saturated carbocycles. The van der Waals surface area contributed by atoms with E-state index in [-0.39, 0.29) is 11.9 Å². The minimum absolute atomic E-state index is 0.0989. The molecule has 23 heavy (non-hydrogen) atoms. The lowest BCUT2D eigenvalue weighted by atomic mass is 9.94. The van der Waals surface area contributed by atoms with E-state index < -0.39 is 5.60 Å². The number of aryl methyl sites for hydroxylation is 2. The third-order valence-corrected chi connectivity index (χ3v) is 4.61. The highest BCUT2D eigenvalue weighted by molar-refractivity contribution is 5.86. The molecule has 1 N–H and O–H groups in total. The summed E-state index contributed by atoms with van der Waals surface area (Å²) in [6.07, 6.45) is 3.82. The number of carbonyl (C=O) groups excluding carboxylic acids is 1. The molecule has 0 bridgehead atoms. The monoisotopic (exact) mass is 313 g/mol. The zero-order valence-electron chi connectivity index (χ0n) is 13.9. The fraction of sp³-hybridized carbons (Fsp3) is 0.444. The Labute approximate surface area is 136 Å². The normalized spacial score (nSPS) is 19.7. The van der Waals surface area contributed by atoms with Crippen molar-refractivity contribution in [2.75, 3.05) is 7.11 Å². The maximum Gasteiger partial charge on any atom is 0.256 e. The van der Waals surface area contributed by atoms with E-state index in [1.54, 1.807) is 7.11 Å². The fourth-order valence-electron chi connectivity index (χ4n) is 3.13. The molecule has 1 amide bonds. The third kappa shape index (κ3) is 3.01. The van der Waals surface area contributed by atoms with E-state index in [9.17, 15) is 4.79 Å². The molecule has 2 atom stereocenters. The molecular formula is C18H23N3O2. The molecule has 0 aliphatic carbocycles. The number of nitrogens with one attached hydrogen (secondary N) is 1. The van der Waals surface area contributed by atoms with Crippen molar-refractivity contribution in [3.05, 3.63) is 53.6 Å². The molecule has 1 aliphatic rings. The van der Waals surface area contributed by atoms with E-state index >= 15 is 0 Å². The predicted octanol–water partition coefficient (Wildman–Crippen LogP) is 2.18. The SMILES string of the molecule is CO[C@](C)(C(=O)N[C@H]1CCc2nc(C)cn2C1)c1ccccc1. The molecule has 5 heteroatoms. The Morgan fingerprint density at radius 1 is 1.39 bits per heavy atom. The summed E-state index contributed by atoms with van der Waals surface area (Å²) in [6.45, 7) is 4.57. The van der Waals surface area contributed by atoms with Crippen molar-refractivity contribution in [1.82, 2.24) is 14.9 Å². The van der Waals surface area contributed by atoms with Crippen LogP contribution in [0.4, 0.5) is 0 Å². The van der Waals surface area contributed by atoms with Gasteiger partial charge in [-0.1, -0.05) is 30.3 Å². The Hall–Kier alpha value is -2.14. The Balaban J connectivity index is 1.73. The van der Waals surface area contributed by atoms with Crippen LogP contribution in [0.15, 0.2) is 36.5 Å². The van der Waals surface area contributed by atoms with Gasteiger partial charge in [-0.15, -0.1) is 0 Å². The molecule has 0 radical (unpaired) electrons. The maximum atomic E-state index is 12.8. The molecule has 2 heterocycles. The van der Waals surface area contributed by atoms with E-state index in [1.807, 2.05) is 50.4 Å². The minimum Gasteiger partial charge on any atom is -0.364 e. The number of fused-ring (bicyclic) bond motifs is 1. The fourth-order valence-corrected chi connectivity index (χ4v) is 3.13. The van der Waals surface area contributed by atoms with Crippen LogP contribution < -0.4 is 5.32 Å². The van der Waals surface area contributed by atoms with Gasteiger partial charge in [-0.25, -0.2) is 4.98 Å². The Morgan fingerprint density at radius 3 is 2.83 bits per heavy atom. The van der Waals surface area contributed by atoms with Crippen molar-refractivity contribution in [3.63, 3.8) is 0 Å². The number of rotatable bonds is 4. The van der Waals surface area contributed by atoms with Crippen LogP contribution >= 0.6 is 0 Å². The molecule has 0 unspecified atom stereocenters. The number of imidazole rings is 1. The Kier molecular flexibility index (Phi) is 4.22. The first kappa shape index (κ1) is 15.7. The number of ether oxygens (including phenoxy) is 1. The molecule has 122 valence electrons. The summed E-state index contributed by atoms with van der Waals surface area (Å²) in [5.74, 6) is 1.00. The molecule has 1 aliphatic heterocycles. The van der Waals surface area contributed by atoms with Crippen molar-refractivity contribution in [3.8, 4) is 0 Å².